The van der Waals surface area contributed by atoms with Crippen molar-refractivity contribution in [2.75, 3.05) is 25.5 Å². The number of amidine groups is 1. The number of para-hydroxylation sites is 1. The molecule has 1 aliphatic rings. The summed E-state index contributed by atoms with van der Waals surface area (Å²) in [5, 5.41) is 0.526. The molecule has 0 saturated carbocycles. The highest BCUT2D eigenvalue weighted by molar-refractivity contribution is 8.13. The Bertz CT molecular complexity index is 451. The van der Waals surface area contributed by atoms with Crippen molar-refractivity contribution in [1.82, 2.24) is 0 Å². The number of hydrogen-bond acceptors (Lipinski definition) is 4. The number of benzene rings is 1. The first kappa shape index (κ1) is 15.1. The molecule has 1 saturated heterocycles. The van der Waals surface area contributed by atoms with Crippen LogP contribution in [0.5, 0.6) is 5.75 Å². The molecule has 0 aliphatic carbocycles. The first-order valence-electron chi connectivity index (χ1n) is 6.67. The van der Waals surface area contributed by atoms with Crippen LogP contribution in [0.25, 0.3) is 0 Å². The lowest BCUT2D eigenvalue weighted by Crippen LogP contribution is -2.15. The number of nitrogens with two attached hydrogens (primary N) is 1. The van der Waals surface area contributed by atoms with E-state index in [2.05, 4.69) is 4.99 Å². The van der Waals surface area contributed by atoms with Gasteiger partial charge < -0.3 is 15.2 Å². The minimum atomic E-state index is -0.350. The van der Waals surface area contributed by atoms with Gasteiger partial charge in [0.15, 0.2) is 16.7 Å². The van der Waals surface area contributed by atoms with E-state index in [-0.39, 0.29) is 17.7 Å². The fourth-order valence-electron chi connectivity index (χ4n) is 1.89. The van der Waals surface area contributed by atoms with Crippen molar-refractivity contribution in [1.29, 1.82) is 0 Å². The third-order valence-corrected chi connectivity index (χ3v) is 3.70. The van der Waals surface area contributed by atoms with E-state index in [4.69, 9.17) is 15.2 Å². The number of thioether (sulfide) groups is 1. The molecular weight excluding hydrogens is 279 g/mol. The molecule has 1 aromatic rings. The number of aliphatic imine (C=N–C) groups is 1. The minimum absolute atomic E-state index is 0.212. The second-order valence-corrected chi connectivity index (χ2v) is 5.56. The average molecular weight is 298 g/mol. The van der Waals surface area contributed by atoms with Crippen LogP contribution in [0.1, 0.15) is 12.8 Å². The van der Waals surface area contributed by atoms with E-state index in [1.165, 1.54) is 17.8 Å². The molecule has 20 heavy (non-hydrogen) atoms. The van der Waals surface area contributed by atoms with Crippen LogP contribution in [0.4, 0.5) is 4.39 Å². The van der Waals surface area contributed by atoms with E-state index in [1.54, 1.807) is 18.2 Å². The lowest BCUT2D eigenvalue weighted by atomic mass is 10.2. The van der Waals surface area contributed by atoms with Crippen molar-refractivity contribution in [3.8, 4) is 5.75 Å². The molecule has 1 fully saturated rings. The van der Waals surface area contributed by atoms with Crippen LogP contribution in [-0.2, 0) is 4.74 Å². The molecule has 0 spiro atoms. The molecule has 0 aromatic heterocycles. The van der Waals surface area contributed by atoms with Crippen molar-refractivity contribution in [3.05, 3.63) is 30.1 Å². The SMILES string of the molecule is NC(=NC[C@@H]1CCCO1)SCCOc1ccccc1F. The monoisotopic (exact) mass is 298 g/mol. The standard InChI is InChI=1S/C14H19FN2O2S/c15-12-5-1-2-6-13(12)19-8-9-20-14(16)17-10-11-4-3-7-18-11/h1-2,5-6,11H,3-4,7-10H2,(H2,16,17)/t11-/m0/s1. The predicted octanol–water partition coefficient (Wildman–Crippen LogP) is 2.43. The van der Waals surface area contributed by atoms with Gasteiger partial charge in [-0.05, 0) is 25.0 Å². The summed E-state index contributed by atoms with van der Waals surface area (Å²) in [6.07, 6.45) is 2.37. The van der Waals surface area contributed by atoms with Gasteiger partial charge in [-0.1, -0.05) is 23.9 Å². The maximum Gasteiger partial charge on any atom is 0.165 e. The molecule has 1 aromatic carbocycles. The van der Waals surface area contributed by atoms with Crippen LogP contribution in [0, 0.1) is 5.82 Å². The van der Waals surface area contributed by atoms with Gasteiger partial charge in [0.1, 0.15) is 0 Å². The smallest absolute Gasteiger partial charge is 0.165 e. The summed E-state index contributed by atoms with van der Waals surface area (Å²) in [6.45, 7) is 1.83. The maximum absolute atomic E-state index is 13.3. The zero-order chi connectivity index (χ0) is 14.2. The zero-order valence-corrected chi connectivity index (χ0v) is 12.1. The fourth-order valence-corrected chi connectivity index (χ4v) is 2.43. The van der Waals surface area contributed by atoms with Crippen molar-refractivity contribution >= 4 is 16.9 Å². The molecule has 4 nitrogen and oxygen atoms in total. The summed E-state index contributed by atoms with van der Waals surface area (Å²) in [6, 6.07) is 6.35. The van der Waals surface area contributed by atoms with Crippen molar-refractivity contribution in [2.45, 2.75) is 18.9 Å². The lowest BCUT2D eigenvalue weighted by Gasteiger charge is -2.08. The van der Waals surface area contributed by atoms with Crippen LogP contribution in [0.15, 0.2) is 29.3 Å². The molecule has 1 aliphatic heterocycles. The summed E-state index contributed by atoms with van der Waals surface area (Å²) in [7, 11) is 0. The summed E-state index contributed by atoms with van der Waals surface area (Å²) in [4.78, 5) is 4.27. The quantitative estimate of drug-likeness (QED) is 0.498. The number of nitrogens with zero attached hydrogens (tertiary/aromatic N) is 1. The van der Waals surface area contributed by atoms with Crippen molar-refractivity contribution < 1.29 is 13.9 Å². The van der Waals surface area contributed by atoms with Gasteiger partial charge in [0.2, 0.25) is 0 Å². The molecule has 2 N–H and O–H groups in total. The molecule has 0 bridgehead atoms. The first-order chi connectivity index (χ1) is 9.75. The van der Waals surface area contributed by atoms with Gasteiger partial charge in [0.05, 0.1) is 19.3 Å². The van der Waals surface area contributed by atoms with Crippen LogP contribution in [0.3, 0.4) is 0 Å². The van der Waals surface area contributed by atoms with Crippen LogP contribution >= 0.6 is 11.8 Å². The van der Waals surface area contributed by atoms with Gasteiger partial charge in [-0.2, -0.15) is 0 Å². The van der Waals surface area contributed by atoms with E-state index in [1.807, 2.05) is 0 Å². The Morgan fingerprint density at radius 1 is 1.50 bits per heavy atom. The highest BCUT2D eigenvalue weighted by atomic mass is 32.2. The largest absolute Gasteiger partial charge is 0.490 e. The second kappa shape index (κ2) is 8.11. The Morgan fingerprint density at radius 3 is 3.10 bits per heavy atom. The molecule has 1 heterocycles. The van der Waals surface area contributed by atoms with Crippen LogP contribution < -0.4 is 10.5 Å². The van der Waals surface area contributed by atoms with Gasteiger partial charge >= 0.3 is 0 Å². The Morgan fingerprint density at radius 2 is 2.35 bits per heavy atom. The molecule has 0 amide bonds. The van der Waals surface area contributed by atoms with Gasteiger partial charge in [0.25, 0.3) is 0 Å². The normalized spacial score (nSPS) is 19.2. The topological polar surface area (TPSA) is 56.8 Å². The molecule has 1 atom stereocenters. The first-order valence-corrected chi connectivity index (χ1v) is 7.66. The number of halogens is 1. The van der Waals surface area contributed by atoms with Crippen molar-refractivity contribution in [2.24, 2.45) is 10.7 Å². The zero-order valence-electron chi connectivity index (χ0n) is 11.3. The van der Waals surface area contributed by atoms with Gasteiger partial charge in [0, 0.05) is 12.4 Å². The molecule has 0 radical (unpaired) electrons. The van der Waals surface area contributed by atoms with E-state index in [0.717, 1.165) is 19.4 Å². The predicted molar refractivity (Wildman–Crippen MR) is 79.8 cm³/mol. The summed E-state index contributed by atoms with van der Waals surface area (Å²) in [5.41, 5.74) is 5.79. The fraction of sp³-hybridized carbons (Fsp3) is 0.500. The van der Waals surface area contributed by atoms with E-state index < -0.39 is 0 Å². The molecular formula is C14H19FN2O2S. The summed E-state index contributed by atoms with van der Waals surface area (Å²) in [5.74, 6) is 0.551. The lowest BCUT2D eigenvalue weighted by molar-refractivity contribution is 0.118. The van der Waals surface area contributed by atoms with E-state index >= 15 is 0 Å². The Labute approximate surface area is 122 Å². The van der Waals surface area contributed by atoms with E-state index in [0.29, 0.717) is 24.1 Å². The molecule has 2 rings (SSSR count). The maximum atomic E-state index is 13.3. The third-order valence-electron chi connectivity index (χ3n) is 2.90. The second-order valence-electron chi connectivity index (χ2n) is 4.44. The van der Waals surface area contributed by atoms with Gasteiger partial charge in [-0.25, -0.2) is 4.39 Å². The average Bonchev–Trinajstić information content (AvgIpc) is 2.96. The van der Waals surface area contributed by atoms with Crippen molar-refractivity contribution in [3.63, 3.8) is 0 Å². The van der Waals surface area contributed by atoms with Crippen LogP contribution in [-0.4, -0.2) is 36.8 Å². The number of ether oxygens (including phenoxy) is 2. The minimum Gasteiger partial charge on any atom is -0.490 e. The highest BCUT2D eigenvalue weighted by Crippen LogP contribution is 2.16. The Hall–Kier alpha value is -1.27. The molecule has 0 unspecified atom stereocenters. The highest BCUT2D eigenvalue weighted by Gasteiger charge is 2.14. The molecule has 6 heteroatoms. The van der Waals surface area contributed by atoms with E-state index in [9.17, 15) is 4.39 Å². The van der Waals surface area contributed by atoms with Crippen LogP contribution in [0.2, 0.25) is 0 Å². The third kappa shape index (κ3) is 5.02. The summed E-state index contributed by atoms with van der Waals surface area (Å²) >= 11 is 1.41. The number of rotatable bonds is 6. The van der Waals surface area contributed by atoms with Gasteiger partial charge in [-0.15, -0.1) is 0 Å². The Kier molecular flexibility index (Phi) is 6.14. The number of hydrogen-bond donors (Lipinski definition) is 1. The summed E-state index contributed by atoms with van der Waals surface area (Å²) < 4.78 is 24.1. The Balaban J connectivity index is 1.62. The molecule has 110 valence electrons. The van der Waals surface area contributed by atoms with Gasteiger partial charge in [-0.3, -0.25) is 4.99 Å².